The molecule has 0 aliphatic carbocycles. The van der Waals surface area contributed by atoms with Gasteiger partial charge < -0.3 is 19.9 Å². The molecule has 1 atom stereocenters. The van der Waals surface area contributed by atoms with Crippen LogP contribution in [0.1, 0.15) is 18.4 Å². The zero-order chi connectivity index (χ0) is 13.0. The van der Waals surface area contributed by atoms with Crippen molar-refractivity contribution in [2.45, 2.75) is 12.8 Å². The van der Waals surface area contributed by atoms with Crippen molar-refractivity contribution in [1.29, 1.82) is 0 Å². The molecule has 0 aliphatic heterocycles. The van der Waals surface area contributed by atoms with Crippen LogP contribution in [0.3, 0.4) is 0 Å². The zero-order valence-corrected chi connectivity index (χ0v) is 10.4. The maximum atomic E-state index is 11.2. The van der Waals surface area contributed by atoms with Gasteiger partial charge in [0.2, 0.25) is 11.7 Å². The van der Waals surface area contributed by atoms with E-state index in [0.29, 0.717) is 17.2 Å². The van der Waals surface area contributed by atoms with Crippen molar-refractivity contribution in [1.82, 2.24) is 0 Å². The second-order valence-electron chi connectivity index (χ2n) is 3.58. The fourth-order valence-corrected chi connectivity index (χ4v) is 1.52. The maximum Gasteiger partial charge on any atom is 0.224 e. The zero-order valence-electron chi connectivity index (χ0n) is 10.4. The summed E-state index contributed by atoms with van der Waals surface area (Å²) in [6, 6.07) is 3.44. The predicted molar refractivity (Wildman–Crippen MR) is 63.7 cm³/mol. The van der Waals surface area contributed by atoms with E-state index in [1.54, 1.807) is 19.1 Å². The van der Waals surface area contributed by atoms with Crippen LogP contribution in [-0.4, -0.2) is 27.2 Å². The number of primary amides is 1. The molecule has 1 aromatic carbocycles. The molecule has 1 aromatic rings. The molecule has 0 bridgehead atoms. The quantitative estimate of drug-likeness (QED) is 0.840. The lowest BCUT2D eigenvalue weighted by molar-refractivity contribution is -0.119. The van der Waals surface area contributed by atoms with Crippen LogP contribution < -0.4 is 19.9 Å². The first-order valence-corrected chi connectivity index (χ1v) is 5.14. The molecule has 5 nitrogen and oxygen atoms in total. The van der Waals surface area contributed by atoms with Gasteiger partial charge in [-0.15, -0.1) is 0 Å². The van der Waals surface area contributed by atoms with Gasteiger partial charge in [-0.1, -0.05) is 0 Å². The van der Waals surface area contributed by atoms with Crippen LogP contribution in [-0.2, 0) is 4.79 Å². The molecule has 0 spiro atoms. The first-order valence-electron chi connectivity index (χ1n) is 5.14. The topological polar surface area (TPSA) is 70.8 Å². The summed E-state index contributed by atoms with van der Waals surface area (Å²) in [6.07, 6.45) is 0. The normalized spacial score (nSPS) is 11.8. The van der Waals surface area contributed by atoms with Crippen LogP contribution in [0.25, 0.3) is 0 Å². The molecule has 1 unspecified atom stereocenters. The van der Waals surface area contributed by atoms with E-state index in [-0.39, 0.29) is 0 Å². The van der Waals surface area contributed by atoms with Crippen molar-refractivity contribution >= 4 is 5.91 Å². The lowest BCUT2D eigenvalue weighted by Gasteiger charge is -2.16. The second kappa shape index (κ2) is 5.43. The number of carbonyl (C=O) groups excluding carboxylic acids is 1. The van der Waals surface area contributed by atoms with E-state index in [1.807, 2.05) is 0 Å². The first kappa shape index (κ1) is 13.2. The highest BCUT2D eigenvalue weighted by molar-refractivity contribution is 5.82. The number of carbonyl (C=O) groups is 1. The summed E-state index contributed by atoms with van der Waals surface area (Å²) in [4.78, 5) is 11.2. The van der Waals surface area contributed by atoms with Crippen molar-refractivity contribution in [3.05, 3.63) is 17.7 Å². The molecule has 0 radical (unpaired) electrons. The molecule has 0 aromatic heterocycles. The average molecular weight is 239 g/mol. The predicted octanol–water partition coefficient (Wildman–Crippen LogP) is 1.30. The number of rotatable bonds is 5. The van der Waals surface area contributed by atoms with E-state index >= 15 is 0 Å². The van der Waals surface area contributed by atoms with Crippen molar-refractivity contribution in [3.8, 4) is 17.2 Å². The minimum atomic E-state index is -0.413. The third-order valence-electron chi connectivity index (χ3n) is 2.61. The van der Waals surface area contributed by atoms with E-state index in [4.69, 9.17) is 19.9 Å². The average Bonchev–Trinajstić information content (AvgIpc) is 2.35. The molecule has 17 heavy (non-hydrogen) atoms. The highest BCUT2D eigenvalue weighted by atomic mass is 16.5. The SMILES string of the molecule is COc1cc(C(C)C(N)=O)cc(OC)c1OC. The van der Waals surface area contributed by atoms with Crippen LogP contribution in [0.2, 0.25) is 0 Å². The molecule has 0 fully saturated rings. The van der Waals surface area contributed by atoms with Gasteiger partial charge in [-0.25, -0.2) is 0 Å². The summed E-state index contributed by atoms with van der Waals surface area (Å²) in [5.41, 5.74) is 6.00. The Labute approximate surface area is 100 Å². The minimum absolute atomic E-state index is 0.403. The second-order valence-corrected chi connectivity index (χ2v) is 3.58. The van der Waals surface area contributed by atoms with Gasteiger partial charge in [-0.2, -0.15) is 0 Å². The summed E-state index contributed by atoms with van der Waals surface area (Å²) in [6.45, 7) is 1.73. The number of benzene rings is 1. The number of nitrogens with two attached hydrogens (primary N) is 1. The lowest BCUT2D eigenvalue weighted by Crippen LogP contribution is -2.18. The molecule has 5 heteroatoms. The first-order chi connectivity index (χ1) is 8.04. The van der Waals surface area contributed by atoms with Crippen molar-refractivity contribution in [2.75, 3.05) is 21.3 Å². The highest BCUT2D eigenvalue weighted by Crippen LogP contribution is 2.39. The van der Waals surface area contributed by atoms with E-state index in [9.17, 15) is 4.79 Å². The molecule has 0 saturated heterocycles. The molecular formula is C12H17NO4. The van der Waals surface area contributed by atoms with Gasteiger partial charge in [0.1, 0.15) is 0 Å². The highest BCUT2D eigenvalue weighted by Gasteiger charge is 2.18. The number of hydrogen-bond donors (Lipinski definition) is 1. The largest absolute Gasteiger partial charge is 0.493 e. The van der Waals surface area contributed by atoms with Crippen LogP contribution in [0.5, 0.6) is 17.2 Å². The Morgan fingerprint density at radius 1 is 1.12 bits per heavy atom. The van der Waals surface area contributed by atoms with E-state index in [1.165, 1.54) is 21.3 Å². The number of ether oxygens (including phenoxy) is 3. The standard InChI is InChI=1S/C12H17NO4/c1-7(12(13)14)8-5-9(15-2)11(17-4)10(6-8)16-3/h5-7H,1-4H3,(H2,13,14). The fourth-order valence-electron chi connectivity index (χ4n) is 1.52. The molecular weight excluding hydrogens is 222 g/mol. The van der Waals surface area contributed by atoms with Crippen LogP contribution in [0.4, 0.5) is 0 Å². The van der Waals surface area contributed by atoms with E-state index in [2.05, 4.69) is 0 Å². The summed E-state index contributed by atoms with van der Waals surface area (Å²) >= 11 is 0. The smallest absolute Gasteiger partial charge is 0.224 e. The molecule has 0 heterocycles. The lowest BCUT2D eigenvalue weighted by atomic mass is 9.99. The Morgan fingerprint density at radius 2 is 1.59 bits per heavy atom. The monoisotopic (exact) mass is 239 g/mol. The van der Waals surface area contributed by atoms with Crippen molar-refractivity contribution < 1.29 is 19.0 Å². The Balaban J connectivity index is 3.31. The summed E-state index contributed by atoms with van der Waals surface area (Å²) < 4.78 is 15.6. The molecule has 0 aliphatic rings. The van der Waals surface area contributed by atoms with Gasteiger partial charge >= 0.3 is 0 Å². The van der Waals surface area contributed by atoms with Crippen LogP contribution >= 0.6 is 0 Å². The van der Waals surface area contributed by atoms with Gasteiger partial charge in [-0.05, 0) is 24.6 Å². The Kier molecular flexibility index (Phi) is 4.20. The van der Waals surface area contributed by atoms with Gasteiger partial charge in [0.05, 0.1) is 27.2 Å². The Bertz CT molecular complexity index is 392. The summed E-state index contributed by atoms with van der Waals surface area (Å²) in [7, 11) is 4.57. The van der Waals surface area contributed by atoms with Gasteiger partial charge in [-0.3, -0.25) is 4.79 Å². The maximum absolute atomic E-state index is 11.2. The van der Waals surface area contributed by atoms with Crippen LogP contribution in [0, 0.1) is 0 Å². The molecule has 94 valence electrons. The minimum Gasteiger partial charge on any atom is -0.493 e. The Hall–Kier alpha value is -1.91. The molecule has 2 N–H and O–H groups in total. The molecule has 1 amide bonds. The number of amides is 1. The third-order valence-corrected chi connectivity index (χ3v) is 2.61. The number of hydrogen-bond acceptors (Lipinski definition) is 4. The van der Waals surface area contributed by atoms with Crippen LogP contribution in [0.15, 0.2) is 12.1 Å². The van der Waals surface area contributed by atoms with Gasteiger partial charge in [0, 0.05) is 0 Å². The molecule has 1 rings (SSSR count). The number of methoxy groups -OCH3 is 3. The summed E-state index contributed by atoms with van der Waals surface area (Å²) in [5.74, 6) is 0.697. The van der Waals surface area contributed by atoms with Gasteiger partial charge in [0.25, 0.3) is 0 Å². The summed E-state index contributed by atoms with van der Waals surface area (Å²) in [5, 5.41) is 0. The van der Waals surface area contributed by atoms with Crippen molar-refractivity contribution in [2.24, 2.45) is 5.73 Å². The third kappa shape index (κ3) is 2.61. The fraction of sp³-hybridized carbons (Fsp3) is 0.417. The van der Waals surface area contributed by atoms with Gasteiger partial charge in [0.15, 0.2) is 11.5 Å². The van der Waals surface area contributed by atoms with E-state index < -0.39 is 11.8 Å². The van der Waals surface area contributed by atoms with E-state index in [0.717, 1.165) is 5.56 Å². The molecule has 0 saturated carbocycles. The van der Waals surface area contributed by atoms with Crippen molar-refractivity contribution in [3.63, 3.8) is 0 Å². The Morgan fingerprint density at radius 3 is 1.88 bits per heavy atom.